The van der Waals surface area contributed by atoms with Crippen molar-refractivity contribution >= 4 is 12.4 Å². The van der Waals surface area contributed by atoms with E-state index in [4.69, 9.17) is 5.73 Å². The molecule has 0 unspecified atom stereocenters. The molecule has 1 heterocycles. The molecule has 0 fully saturated rings. The lowest BCUT2D eigenvalue weighted by molar-refractivity contribution is 0.619. The van der Waals surface area contributed by atoms with Crippen LogP contribution in [-0.2, 0) is 7.05 Å². The molecule has 0 aliphatic heterocycles. The maximum absolute atomic E-state index is 13.0. The minimum absolute atomic E-state index is 0. The number of nitrogens with two attached hydrogens (primary N) is 1. The fourth-order valence-electron chi connectivity index (χ4n) is 1.56. The molecular weight excluding hydrogens is 229 g/mol. The molecule has 2 N–H and O–H groups in total. The second-order valence-electron chi connectivity index (χ2n) is 3.41. The Labute approximate surface area is 99.5 Å². The number of hydrogen-bond donors (Lipinski definition) is 1. The Kier molecular flexibility index (Phi) is 4.04. The van der Waals surface area contributed by atoms with Gasteiger partial charge in [-0.2, -0.15) is 5.10 Å². The molecule has 1 atom stereocenters. The van der Waals surface area contributed by atoms with Crippen LogP contribution in [0.1, 0.15) is 17.3 Å². The summed E-state index contributed by atoms with van der Waals surface area (Å²) in [7, 11) is 1.81. The smallest absolute Gasteiger partial charge is 0.123 e. The second kappa shape index (κ2) is 5.09. The van der Waals surface area contributed by atoms with Crippen LogP contribution in [0.2, 0.25) is 0 Å². The molecule has 86 valence electrons. The number of aryl methyl sites for hydroxylation is 1. The summed E-state index contributed by atoms with van der Waals surface area (Å²) >= 11 is 0. The Morgan fingerprint density at radius 1 is 1.38 bits per heavy atom. The topological polar surface area (TPSA) is 43.8 Å². The molecule has 0 radical (unpaired) electrons. The van der Waals surface area contributed by atoms with E-state index in [0.29, 0.717) is 0 Å². The van der Waals surface area contributed by atoms with E-state index in [2.05, 4.69) is 5.10 Å². The fourth-order valence-corrected chi connectivity index (χ4v) is 1.56. The van der Waals surface area contributed by atoms with E-state index < -0.39 is 0 Å². The van der Waals surface area contributed by atoms with Crippen LogP contribution in [0.15, 0.2) is 36.5 Å². The van der Waals surface area contributed by atoms with Crippen molar-refractivity contribution in [3.05, 3.63) is 53.6 Å². The third-order valence-electron chi connectivity index (χ3n) is 2.39. The van der Waals surface area contributed by atoms with Gasteiger partial charge in [0.05, 0.1) is 11.7 Å². The van der Waals surface area contributed by atoms with Crippen LogP contribution < -0.4 is 5.73 Å². The quantitative estimate of drug-likeness (QED) is 0.874. The highest BCUT2D eigenvalue weighted by Gasteiger charge is 2.12. The van der Waals surface area contributed by atoms with Crippen LogP contribution in [0.25, 0.3) is 0 Å². The van der Waals surface area contributed by atoms with Crippen LogP contribution in [0.4, 0.5) is 4.39 Å². The van der Waals surface area contributed by atoms with Crippen LogP contribution in [0.3, 0.4) is 0 Å². The molecule has 2 rings (SSSR count). The van der Waals surface area contributed by atoms with E-state index in [1.54, 1.807) is 23.0 Å². The number of rotatable bonds is 2. The molecule has 5 heteroatoms. The molecule has 1 aromatic heterocycles. The first-order valence-electron chi connectivity index (χ1n) is 4.67. The monoisotopic (exact) mass is 241 g/mol. The first kappa shape index (κ1) is 12.7. The Balaban J connectivity index is 0.00000128. The zero-order valence-electron chi connectivity index (χ0n) is 8.80. The summed E-state index contributed by atoms with van der Waals surface area (Å²) in [4.78, 5) is 0. The van der Waals surface area contributed by atoms with Gasteiger partial charge in [-0.15, -0.1) is 12.4 Å². The molecular formula is C11H13ClFN3. The van der Waals surface area contributed by atoms with Crippen molar-refractivity contribution in [3.8, 4) is 0 Å². The first-order valence-corrected chi connectivity index (χ1v) is 4.67. The average Bonchev–Trinajstić information content (AvgIpc) is 2.63. The molecule has 0 amide bonds. The Morgan fingerprint density at radius 3 is 2.69 bits per heavy atom. The maximum atomic E-state index is 13.0. The van der Waals surface area contributed by atoms with Gasteiger partial charge in [0.2, 0.25) is 0 Å². The zero-order chi connectivity index (χ0) is 10.8. The molecule has 0 spiro atoms. The van der Waals surface area contributed by atoms with Gasteiger partial charge in [-0.05, 0) is 23.8 Å². The van der Waals surface area contributed by atoms with Gasteiger partial charge in [0.1, 0.15) is 5.82 Å². The van der Waals surface area contributed by atoms with Gasteiger partial charge in [-0.3, -0.25) is 4.68 Å². The summed E-state index contributed by atoms with van der Waals surface area (Å²) in [6.45, 7) is 0. The van der Waals surface area contributed by atoms with E-state index in [1.807, 2.05) is 13.1 Å². The standard InChI is InChI=1S/C11H12FN3.ClH/c1-15-10(5-6-14-15)11(13)8-3-2-4-9(12)7-8;/h2-7,11H,13H2,1H3;1H/t11-;/m0./s1. The Morgan fingerprint density at radius 2 is 2.12 bits per heavy atom. The van der Waals surface area contributed by atoms with Crippen molar-refractivity contribution < 1.29 is 4.39 Å². The number of nitrogens with zero attached hydrogens (tertiary/aromatic N) is 2. The van der Waals surface area contributed by atoms with E-state index in [9.17, 15) is 4.39 Å². The van der Waals surface area contributed by atoms with E-state index in [1.165, 1.54) is 12.1 Å². The minimum Gasteiger partial charge on any atom is -0.319 e. The van der Waals surface area contributed by atoms with Gasteiger partial charge in [-0.1, -0.05) is 12.1 Å². The van der Waals surface area contributed by atoms with Crippen molar-refractivity contribution in [3.63, 3.8) is 0 Å². The van der Waals surface area contributed by atoms with Gasteiger partial charge >= 0.3 is 0 Å². The highest BCUT2D eigenvalue weighted by Crippen LogP contribution is 2.18. The highest BCUT2D eigenvalue weighted by molar-refractivity contribution is 5.85. The molecule has 0 aliphatic rings. The van der Waals surface area contributed by atoms with Crippen molar-refractivity contribution in [2.75, 3.05) is 0 Å². The molecule has 0 aliphatic carbocycles. The van der Waals surface area contributed by atoms with Crippen molar-refractivity contribution in [2.45, 2.75) is 6.04 Å². The van der Waals surface area contributed by atoms with Gasteiger partial charge in [0, 0.05) is 13.2 Å². The molecule has 0 saturated heterocycles. The SMILES string of the molecule is Cl.Cn1nccc1[C@@H](N)c1cccc(F)c1. The van der Waals surface area contributed by atoms with Crippen LogP contribution in [0, 0.1) is 5.82 Å². The third kappa shape index (κ3) is 2.40. The molecule has 2 aromatic rings. The summed E-state index contributed by atoms with van der Waals surface area (Å²) < 4.78 is 14.7. The number of halogens is 2. The summed E-state index contributed by atoms with van der Waals surface area (Å²) in [5.74, 6) is -0.273. The van der Waals surface area contributed by atoms with Crippen molar-refractivity contribution in [2.24, 2.45) is 12.8 Å². The maximum Gasteiger partial charge on any atom is 0.123 e. The largest absolute Gasteiger partial charge is 0.319 e. The van der Waals surface area contributed by atoms with Gasteiger partial charge < -0.3 is 5.73 Å². The lowest BCUT2D eigenvalue weighted by atomic mass is 10.0. The van der Waals surface area contributed by atoms with Crippen LogP contribution in [0.5, 0.6) is 0 Å². The van der Waals surface area contributed by atoms with Gasteiger partial charge in [-0.25, -0.2) is 4.39 Å². The number of hydrogen-bond acceptors (Lipinski definition) is 2. The lowest BCUT2D eigenvalue weighted by Gasteiger charge is -2.12. The second-order valence-corrected chi connectivity index (χ2v) is 3.41. The Hall–Kier alpha value is -1.39. The molecule has 0 bridgehead atoms. The van der Waals surface area contributed by atoms with Gasteiger partial charge in [0.25, 0.3) is 0 Å². The van der Waals surface area contributed by atoms with Crippen molar-refractivity contribution in [1.82, 2.24) is 9.78 Å². The normalized spacial score (nSPS) is 11.9. The molecule has 1 aromatic carbocycles. The van der Waals surface area contributed by atoms with Crippen LogP contribution in [-0.4, -0.2) is 9.78 Å². The van der Waals surface area contributed by atoms with Gasteiger partial charge in [0.15, 0.2) is 0 Å². The average molecular weight is 242 g/mol. The van der Waals surface area contributed by atoms with Crippen LogP contribution >= 0.6 is 12.4 Å². The summed E-state index contributed by atoms with van der Waals surface area (Å²) in [5, 5.41) is 4.03. The van der Waals surface area contributed by atoms with E-state index in [0.717, 1.165) is 11.3 Å². The summed E-state index contributed by atoms with van der Waals surface area (Å²) in [6.07, 6.45) is 1.68. The predicted octanol–water partition coefficient (Wildman–Crippen LogP) is 2.03. The molecule has 3 nitrogen and oxygen atoms in total. The molecule has 0 saturated carbocycles. The zero-order valence-corrected chi connectivity index (χ0v) is 9.62. The fraction of sp³-hybridized carbons (Fsp3) is 0.182. The van der Waals surface area contributed by atoms with E-state index in [-0.39, 0.29) is 24.3 Å². The first-order chi connectivity index (χ1) is 7.18. The Bertz CT molecular complexity index is 470. The number of benzene rings is 1. The van der Waals surface area contributed by atoms with Crippen molar-refractivity contribution in [1.29, 1.82) is 0 Å². The van der Waals surface area contributed by atoms with E-state index >= 15 is 0 Å². The molecule has 16 heavy (non-hydrogen) atoms. The summed E-state index contributed by atoms with van der Waals surface area (Å²) in [6, 6.07) is 7.79. The highest BCUT2D eigenvalue weighted by atomic mass is 35.5. The number of aromatic nitrogens is 2. The summed E-state index contributed by atoms with van der Waals surface area (Å²) in [5.41, 5.74) is 7.61. The predicted molar refractivity (Wildman–Crippen MR) is 62.9 cm³/mol. The lowest BCUT2D eigenvalue weighted by Crippen LogP contribution is -2.15. The third-order valence-corrected chi connectivity index (χ3v) is 2.39. The minimum atomic E-state index is -0.340.